The van der Waals surface area contributed by atoms with Gasteiger partial charge in [0.25, 0.3) is 0 Å². The van der Waals surface area contributed by atoms with Crippen molar-refractivity contribution >= 4 is 5.69 Å². The number of anilines is 1. The molecule has 1 atom stereocenters. The van der Waals surface area contributed by atoms with Gasteiger partial charge in [0.05, 0.1) is 7.11 Å². The molecule has 4 heteroatoms. The van der Waals surface area contributed by atoms with Gasteiger partial charge in [0.1, 0.15) is 0 Å². The van der Waals surface area contributed by atoms with E-state index in [1.54, 1.807) is 7.11 Å². The van der Waals surface area contributed by atoms with E-state index in [1.807, 2.05) is 12.3 Å². The van der Waals surface area contributed by atoms with Crippen LogP contribution in [0.25, 0.3) is 0 Å². The summed E-state index contributed by atoms with van der Waals surface area (Å²) in [6, 6.07) is 12.6. The van der Waals surface area contributed by atoms with Gasteiger partial charge in [-0.15, -0.1) is 0 Å². The first-order valence-corrected chi connectivity index (χ1v) is 7.34. The zero-order valence-corrected chi connectivity index (χ0v) is 12.3. The maximum absolute atomic E-state index is 5.75. The molecular formula is C17H21N3O. The number of hydrogen-bond acceptors (Lipinski definition) is 4. The molecule has 110 valence electrons. The summed E-state index contributed by atoms with van der Waals surface area (Å²) in [5, 5.41) is 0. The highest BCUT2D eigenvalue weighted by Crippen LogP contribution is 2.38. The van der Waals surface area contributed by atoms with Crippen molar-refractivity contribution in [2.45, 2.75) is 18.9 Å². The van der Waals surface area contributed by atoms with E-state index >= 15 is 0 Å². The van der Waals surface area contributed by atoms with Crippen LogP contribution in [0.1, 0.15) is 23.5 Å². The monoisotopic (exact) mass is 283 g/mol. The van der Waals surface area contributed by atoms with Gasteiger partial charge in [-0.3, -0.25) is 0 Å². The van der Waals surface area contributed by atoms with Crippen molar-refractivity contribution in [1.29, 1.82) is 0 Å². The Hall–Kier alpha value is -2.07. The highest BCUT2D eigenvalue weighted by Gasteiger charge is 2.27. The normalized spacial score (nSPS) is 16.9. The van der Waals surface area contributed by atoms with Crippen LogP contribution in [0.2, 0.25) is 0 Å². The number of rotatable bonds is 5. The largest absolute Gasteiger partial charge is 0.481 e. The molecule has 0 fully saturated rings. The third-order valence-corrected chi connectivity index (χ3v) is 4.05. The minimum atomic E-state index is 0.539. The van der Waals surface area contributed by atoms with Crippen molar-refractivity contribution in [1.82, 2.24) is 4.98 Å². The van der Waals surface area contributed by atoms with Gasteiger partial charge in [-0.2, -0.15) is 0 Å². The fourth-order valence-electron chi connectivity index (χ4n) is 3.03. The first-order chi connectivity index (χ1) is 10.3. The molecule has 0 saturated carbocycles. The van der Waals surface area contributed by atoms with Crippen LogP contribution in [0.5, 0.6) is 5.88 Å². The summed E-state index contributed by atoms with van der Waals surface area (Å²) >= 11 is 0. The Kier molecular flexibility index (Phi) is 4.06. The van der Waals surface area contributed by atoms with Crippen molar-refractivity contribution in [3.63, 3.8) is 0 Å². The van der Waals surface area contributed by atoms with Gasteiger partial charge < -0.3 is 15.4 Å². The minimum Gasteiger partial charge on any atom is -0.481 e. The molecule has 0 bridgehead atoms. The average Bonchev–Trinajstić information content (AvgIpc) is 2.87. The van der Waals surface area contributed by atoms with Crippen LogP contribution < -0.4 is 15.4 Å². The van der Waals surface area contributed by atoms with Crippen LogP contribution in [0.4, 0.5) is 5.69 Å². The van der Waals surface area contributed by atoms with Crippen LogP contribution in [-0.2, 0) is 6.54 Å². The first kappa shape index (κ1) is 13.9. The Morgan fingerprint density at radius 3 is 2.86 bits per heavy atom. The lowest BCUT2D eigenvalue weighted by atomic mass is 9.98. The zero-order valence-electron chi connectivity index (χ0n) is 12.3. The molecule has 0 amide bonds. The Labute approximate surface area is 125 Å². The fraction of sp³-hybridized carbons (Fsp3) is 0.353. The lowest BCUT2D eigenvalue weighted by Crippen LogP contribution is -2.22. The molecule has 1 aromatic carbocycles. The van der Waals surface area contributed by atoms with E-state index < -0.39 is 0 Å². The summed E-state index contributed by atoms with van der Waals surface area (Å²) in [6.07, 6.45) is 2.92. The number of para-hydroxylation sites is 1. The van der Waals surface area contributed by atoms with Crippen LogP contribution in [-0.4, -0.2) is 25.2 Å². The third kappa shape index (κ3) is 2.85. The molecule has 2 aromatic rings. The lowest BCUT2D eigenvalue weighted by Gasteiger charge is -2.20. The molecule has 0 aliphatic carbocycles. The number of fused-ring (bicyclic) bond motifs is 1. The molecule has 3 rings (SSSR count). The van der Waals surface area contributed by atoms with E-state index in [1.165, 1.54) is 16.8 Å². The Balaban J connectivity index is 1.79. The molecule has 0 spiro atoms. The summed E-state index contributed by atoms with van der Waals surface area (Å²) in [5.41, 5.74) is 9.69. The van der Waals surface area contributed by atoms with E-state index in [4.69, 9.17) is 10.5 Å². The van der Waals surface area contributed by atoms with Crippen molar-refractivity contribution in [3.8, 4) is 5.88 Å². The summed E-state index contributed by atoms with van der Waals surface area (Å²) in [4.78, 5) is 6.70. The van der Waals surface area contributed by atoms with E-state index in [0.29, 0.717) is 11.8 Å². The number of benzene rings is 1. The predicted octanol–water partition coefficient (Wildman–Crippen LogP) is 2.54. The van der Waals surface area contributed by atoms with Crippen molar-refractivity contribution in [2.24, 2.45) is 5.73 Å². The molecule has 1 unspecified atom stereocenters. The Morgan fingerprint density at radius 1 is 1.29 bits per heavy atom. The average molecular weight is 283 g/mol. The van der Waals surface area contributed by atoms with Gasteiger partial charge in [-0.1, -0.05) is 24.3 Å². The molecule has 2 heterocycles. The fourth-order valence-corrected chi connectivity index (χ4v) is 3.03. The summed E-state index contributed by atoms with van der Waals surface area (Å²) in [5.74, 6) is 1.19. The van der Waals surface area contributed by atoms with Gasteiger partial charge in [0.2, 0.25) is 5.88 Å². The topological polar surface area (TPSA) is 51.4 Å². The molecule has 0 radical (unpaired) electrons. The van der Waals surface area contributed by atoms with Crippen LogP contribution >= 0.6 is 0 Å². The van der Waals surface area contributed by atoms with E-state index in [2.05, 4.69) is 40.2 Å². The number of nitrogens with zero attached hydrogens (tertiary/aromatic N) is 2. The molecule has 2 N–H and O–H groups in total. The van der Waals surface area contributed by atoms with E-state index in [0.717, 1.165) is 26.1 Å². The molecule has 1 aliphatic rings. The predicted molar refractivity (Wildman–Crippen MR) is 84.7 cm³/mol. The molecule has 21 heavy (non-hydrogen) atoms. The summed E-state index contributed by atoms with van der Waals surface area (Å²) in [7, 11) is 1.64. The standard InChI is InChI=1S/C17H21N3O/c1-21-17-7-6-13(10-19-17)11-20-12-14(8-9-18)15-4-2-3-5-16(15)20/h2-7,10,14H,8-9,11-12,18H2,1H3. The number of aromatic nitrogens is 1. The smallest absolute Gasteiger partial charge is 0.212 e. The highest BCUT2D eigenvalue weighted by atomic mass is 16.5. The second kappa shape index (κ2) is 6.14. The molecule has 0 saturated heterocycles. The Bertz CT molecular complexity index is 597. The van der Waals surface area contributed by atoms with Crippen LogP contribution in [0.15, 0.2) is 42.6 Å². The van der Waals surface area contributed by atoms with Crippen molar-refractivity contribution in [3.05, 3.63) is 53.7 Å². The lowest BCUT2D eigenvalue weighted by molar-refractivity contribution is 0.397. The summed E-state index contributed by atoms with van der Waals surface area (Å²) in [6.45, 7) is 2.63. The second-order valence-electron chi connectivity index (χ2n) is 5.42. The van der Waals surface area contributed by atoms with Crippen molar-refractivity contribution < 1.29 is 4.74 Å². The molecule has 4 nitrogen and oxygen atoms in total. The van der Waals surface area contributed by atoms with Gasteiger partial charge in [-0.25, -0.2) is 4.98 Å². The van der Waals surface area contributed by atoms with Gasteiger partial charge in [-0.05, 0) is 30.2 Å². The number of pyridine rings is 1. The number of nitrogens with two attached hydrogens (primary N) is 1. The maximum Gasteiger partial charge on any atom is 0.212 e. The second-order valence-corrected chi connectivity index (χ2v) is 5.42. The maximum atomic E-state index is 5.75. The SMILES string of the molecule is COc1ccc(CN2CC(CCN)c3ccccc32)cn1. The summed E-state index contributed by atoms with van der Waals surface area (Å²) < 4.78 is 5.11. The number of ether oxygens (including phenoxy) is 1. The third-order valence-electron chi connectivity index (χ3n) is 4.05. The number of hydrogen-bond donors (Lipinski definition) is 1. The van der Waals surface area contributed by atoms with Gasteiger partial charge in [0.15, 0.2) is 0 Å². The van der Waals surface area contributed by atoms with E-state index in [9.17, 15) is 0 Å². The van der Waals surface area contributed by atoms with Crippen LogP contribution in [0, 0.1) is 0 Å². The van der Waals surface area contributed by atoms with Gasteiger partial charge in [0, 0.05) is 37.0 Å². The zero-order chi connectivity index (χ0) is 14.7. The quantitative estimate of drug-likeness (QED) is 0.916. The van der Waals surface area contributed by atoms with Crippen molar-refractivity contribution in [2.75, 3.05) is 25.1 Å². The molecular weight excluding hydrogens is 262 g/mol. The first-order valence-electron chi connectivity index (χ1n) is 7.34. The molecule has 1 aromatic heterocycles. The number of methoxy groups -OCH3 is 1. The minimum absolute atomic E-state index is 0.539. The van der Waals surface area contributed by atoms with E-state index in [-0.39, 0.29) is 0 Å². The van der Waals surface area contributed by atoms with Gasteiger partial charge >= 0.3 is 0 Å². The Morgan fingerprint density at radius 2 is 2.14 bits per heavy atom. The molecule has 1 aliphatic heterocycles. The van der Waals surface area contributed by atoms with Crippen LogP contribution in [0.3, 0.4) is 0 Å². The highest BCUT2D eigenvalue weighted by molar-refractivity contribution is 5.60.